The molecule has 0 aliphatic heterocycles. The summed E-state index contributed by atoms with van der Waals surface area (Å²) >= 11 is 2.49. The Morgan fingerprint density at radius 3 is 3.00 bits per heavy atom. The van der Waals surface area contributed by atoms with Crippen LogP contribution in [0.4, 0.5) is 5.00 Å². The molecule has 0 saturated carbocycles. The molecule has 1 N–H and O–H groups in total. The average Bonchev–Trinajstić information content (AvgIpc) is 3.40. The van der Waals surface area contributed by atoms with E-state index in [0.717, 1.165) is 0 Å². The fourth-order valence-corrected chi connectivity index (χ4v) is 3.79. The Morgan fingerprint density at radius 2 is 2.30 bits per heavy atom. The summed E-state index contributed by atoms with van der Waals surface area (Å²) in [6, 6.07) is 5.16. The number of carbonyl (C=O) groups excluding carboxylic acids is 2. The summed E-state index contributed by atoms with van der Waals surface area (Å²) in [7, 11) is 1.30. The van der Waals surface area contributed by atoms with Gasteiger partial charge in [-0.1, -0.05) is 17.8 Å². The maximum Gasteiger partial charge on any atom is 0.340 e. The Balaban J connectivity index is 1.68. The van der Waals surface area contributed by atoms with E-state index < -0.39 is 5.97 Å². The van der Waals surface area contributed by atoms with Crippen molar-refractivity contribution in [2.24, 2.45) is 0 Å². The Hall–Kier alpha value is -2.85. The molecule has 0 aliphatic carbocycles. The first-order valence-corrected chi connectivity index (χ1v) is 9.67. The highest BCUT2D eigenvalue weighted by Gasteiger charge is 2.18. The molecule has 10 heteroatoms. The van der Waals surface area contributed by atoms with Gasteiger partial charge in [-0.2, -0.15) is 0 Å². The lowest BCUT2D eigenvalue weighted by atomic mass is 10.3. The van der Waals surface area contributed by atoms with Crippen LogP contribution >= 0.6 is 23.1 Å². The number of ether oxygens (including phenoxy) is 1. The number of hydrogen-bond donors (Lipinski definition) is 1. The first-order valence-electron chi connectivity index (χ1n) is 7.80. The van der Waals surface area contributed by atoms with Crippen LogP contribution in [0.3, 0.4) is 0 Å². The van der Waals surface area contributed by atoms with Gasteiger partial charge in [-0.3, -0.25) is 9.36 Å². The van der Waals surface area contributed by atoms with E-state index in [1.54, 1.807) is 35.9 Å². The van der Waals surface area contributed by atoms with Crippen molar-refractivity contribution in [2.75, 3.05) is 18.2 Å². The predicted octanol–water partition coefficient (Wildman–Crippen LogP) is 3.30. The van der Waals surface area contributed by atoms with Crippen LogP contribution in [0.1, 0.15) is 10.4 Å². The predicted molar refractivity (Wildman–Crippen MR) is 103 cm³/mol. The van der Waals surface area contributed by atoms with E-state index in [9.17, 15) is 9.59 Å². The molecule has 0 unspecified atom stereocenters. The van der Waals surface area contributed by atoms with Gasteiger partial charge in [0.1, 0.15) is 5.00 Å². The van der Waals surface area contributed by atoms with E-state index in [4.69, 9.17) is 9.15 Å². The first kappa shape index (κ1) is 18.9. The van der Waals surface area contributed by atoms with Crippen LogP contribution in [0.2, 0.25) is 0 Å². The molecule has 1 amide bonds. The van der Waals surface area contributed by atoms with Gasteiger partial charge in [-0.25, -0.2) is 4.79 Å². The molecular formula is C17H16N4O4S2. The number of furan rings is 1. The zero-order valence-electron chi connectivity index (χ0n) is 14.4. The van der Waals surface area contributed by atoms with Crippen molar-refractivity contribution >= 4 is 40.0 Å². The Bertz CT molecular complexity index is 946. The summed E-state index contributed by atoms with van der Waals surface area (Å²) in [5.74, 6) is 0.496. The standard InChI is InChI=1S/C17H16N4O4S2/c1-3-7-21-14(12-5-4-8-25-12)19-20-17(21)27-10-13(22)18-15-11(6-9-26-15)16(23)24-2/h3-6,8-9H,1,7,10H2,2H3,(H,18,22). The largest absolute Gasteiger partial charge is 0.465 e. The summed E-state index contributed by atoms with van der Waals surface area (Å²) in [6.07, 6.45) is 3.27. The van der Waals surface area contributed by atoms with Crippen LogP contribution in [-0.4, -0.2) is 39.5 Å². The van der Waals surface area contributed by atoms with Gasteiger partial charge in [-0.15, -0.1) is 28.1 Å². The number of carbonyl (C=O) groups is 2. The van der Waals surface area contributed by atoms with Gasteiger partial charge in [0.25, 0.3) is 0 Å². The van der Waals surface area contributed by atoms with Crippen molar-refractivity contribution < 1.29 is 18.7 Å². The van der Waals surface area contributed by atoms with Crippen LogP contribution in [-0.2, 0) is 16.1 Å². The third-order valence-corrected chi connectivity index (χ3v) is 5.22. The van der Waals surface area contributed by atoms with E-state index >= 15 is 0 Å². The number of thiophene rings is 1. The van der Waals surface area contributed by atoms with Crippen molar-refractivity contribution in [2.45, 2.75) is 11.7 Å². The molecule has 0 saturated heterocycles. The number of allylic oxidation sites excluding steroid dienone is 1. The van der Waals surface area contributed by atoms with Crippen molar-refractivity contribution in [3.05, 3.63) is 48.1 Å². The highest BCUT2D eigenvalue weighted by molar-refractivity contribution is 7.99. The number of hydrogen-bond acceptors (Lipinski definition) is 8. The van der Waals surface area contributed by atoms with Crippen LogP contribution in [0.15, 0.2) is 52.1 Å². The molecule has 0 aromatic carbocycles. The van der Waals surface area contributed by atoms with E-state index in [1.165, 1.54) is 30.2 Å². The molecule has 27 heavy (non-hydrogen) atoms. The van der Waals surface area contributed by atoms with Crippen LogP contribution in [0.25, 0.3) is 11.6 Å². The monoisotopic (exact) mass is 404 g/mol. The van der Waals surface area contributed by atoms with Gasteiger partial charge in [0.15, 0.2) is 10.9 Å². The lowest BCUT2D eigenvalue weighted by Gasteiger charge is -2.07. The molecule has 8 nitrogen and oxygen atoms in total. The molecule has 0 bridgehead atoms. The topological polar surface area (TPSA) is 99.2 Å². The zero-order valence-corrected chi connectivity index (χ0v) is 16.0. The molecule has 0 aliphatic rings. The molecule has 3 aromatic rings. The number of aromatic nitrogens is 3. The van der Waals surface area contributed by atoms with Crippen molar-refractivity contribution in [3.63, 3.8) is 0 Å². The molecule has 3 aromatic heterocycles. The third kappa shape index (κ3) is 4.29. The molecule has 0 atom stereocenters. The van der Waals surface area contributed by atoms with Crippen molar-refractivity contribution in [1.82, 2.24) is 14.8 Å². The van der Waals surface area contributed by atoms with Gasteiger partial charge >= 0.3 is 5.97 Å². The maximum absolute atomic E-state index is 12.3. The molecule has 140 valence electrons. The third-order valence-electron chi connectivity index (χ3n) is 3.43. The molecule has 0 fully saturated rings. The second-order valence-electron chi connectivity index (χ2n) is 5.17. The van der Waals surface area contributed by atoms with Crippen molar-refractivity contribution in [1.29, 1.82) is 0 Å². The minimum Gasteiger partial charge on any atom is -0.465 e. The number of rotatable bonds is 8. The maximum atomic E-state index is 12.3. The summed E-state index contributed by atoms with van der Waals surface area (Å²) in [5, 5.41) is 13.7. The fourth-order valence-electron chi connectivity index (χ4n) is 2.25. The van der Waals surface area contributed by atoms with Crippen molar-refractivity contribution in [3.8, 4) is 11.6 Å². The molecule has 0 radical (unpaired) electrons. The van der Waals surface area contributed by atoms with Gasteiger partial charge < -0.3 is 14.5 Å². The highest BCUT2D eigenvalue weighted by Crippen LogP contribution is 2.26. The normalized spacial score (nSPS) is 10.6. The summed E-state index contributed by atoms with van der Waals surface area (Å²) in [6.45, 7) is 4.22. The van der Waals surface area contributed by atoms with Gasteiger partial charge in [0.2, 0.25) is 11.7 Å². The number of esters is 1. The molecular weight excluding hydrogens is 388 g/mol. The minimum absolute atomic E-state index is 0.103. The Labute approximate surface area is 163 Å². The SMILES string of the molecule is C=CCn1c(SCC(=O)Nc2sccc2C(=O)OC)nnc1-c1ccco1. The average molecular weight is 404 g/mol. The second-order valence-corrected chi connectivity index (χ2v) is 7.03. The van der Waals surface area contributed by atoms with E-state index in [-0.39, 0.29) is 11.7 Å². The Kier molecular flexibility index (Phi) is 6.09. The number of nitrogens with zero attached hydrogens (tertiary/aromatic N) is 3. The van der Waals surface area contributed by atoms with Crippen LogP contribution in [0, 0.1) is 0 Å². The quantitative estimate of drug-likeness (QED) is 0.349. The van der Waals surface area contributed by atoms with Crippen LogP contribution < -0.4 is 5.32 Å². The molecule has 3 heterocycles. The smallest absolute Gasteiger partial charge is 0.340 e. The molecule has 3 rings (SSSR count). The minimum atomic E-state index is -0.493. The summed E-state index contributed by atoms with van der Waals surface area (Å²) < 4.78 is 11.9. The van der Waals surface area contributed by atoms with Crippen LogP contribution in [0.5, 0.6) is 0 Å². The van der Waals surface area contributed by atoms with Gasteiger partial charge in [-0.05, 0) is 23.6 Å². The second kappa shape index (κ2) is 8.69. The van der Waals surface area contributed by atoms with E-state index in [0.29, 0.717) is 33.9 Å². The summed E-state index contributed by atoms with van der Waals surface area (Å²) in [5.41, 5.74) is 0.329. The highest BCUT2D eigenvalue weighted by atomic mass is 32.2. The Morgan fingerprint density at radius 1 is 1.44 bits per heavy atom. The number of nitrogens with one attached hydrogen (secondary N) is 1. The van der Waals surface area contributed by atoms with Gasteiger partial charge in [0.05, 0.1) is 24.7 Å². The zero-order chi connectivity index (χ0) is 19.2. The lowest BCUT2D eigenvalue weighted by molar-refractivity contribution is -0.113. The number of methoxy groups -OCH3 is 1. The number of thioether (sulfide) groups is 1. The van der Waals surface area contributed by atoms with E-state index in [1.807, 2.05) is 4.57 Å². The molecule has 0 spiro atoms. The van der Waals surface area contributed by atoms with E-state index in [2.05, 4.69) is 22.1 Å². The number of amides is 1. The number of anilines is 1. The van der Waals surface area contributed by atoms with Gasteiger partial charge in [0, 0.05) is 6.54 Å². The first-order chi connectivity index (χ1) is 13.1. The fraction of sp³-hybridized carbons (Fsp3) is 0.176. The lowest BCUT2D eigenvalue weighted by Crippen LogP contribution is -2.16. The summed E-state index contributed by atoms with van der Waals surface area (Å²) in [4.78, 5) is 24.0.